The van der Waals surface area contributed by atoms with Crippen molar-refractivity contribution in [3.05, 3.63) is 89.4 Å². The normalized spacial score (nSPS) is 13.3. The maximum absolute atomic E-state index is 12.9. The molecular weight excluding hydrogens is 438 g/mol. The van der Waals surface area contributed by atoms with Gasteiger partial charge in [0.05, 0.1) is 23.3 Å². The van der Waals surface area contributed by atoms with Crippen LogP contribution in [0.5, 0.6) is 0 Å². The number of halogens is 2. The third-order valence-corrected chi connectivity index (χ3v) is 5.31. The van der Waals surface area contributed by atoms with Gasteiger partial charge in [-0.15, -0.1) is 11.7 Å². The van der Waals surface area contributed by atoms with E-state index in [-0.39, 0.29) is 18.1 Å². The van der Waals surface area contributed by atoms with Crippen molar-refractivity contribution < 1.29 is 13.5 Å². The Morgan fingerprint density at radius 1 is 1.18 bits per heavy atom. The summed E-state index contributed by atoms with van der Waals surface area (Å²) in [4.78, 5) is 4.11. The average Bonchev–Trinajstić information content (AvgIpc) is 3.19. The summed E-state index contributed by atoms with van der Waals surface area (Å²) in [6, 6.07) is 4.79. The number of alkyl halides is 2. The fourth-order valence-corrected chi connectivity index (χ4v) is 3.24. The van der Waals surface area contributed by atoms with E-state index >= 15 is 0 Å². The fraction of sp³-hybridized carbons (Fsp3) is 0.320. The molecule has 0 bridgehead atoms. The zero-order valence-electron chi connectivity index (χ0n) is 19.7. The van der Waals surface area contributed by atoms with E-state index in [0.717, 1.165) is 35.2 Å². The highest BCUT2D eigenvalue weighted by atomic mass is 19.3. The molecule has 1 unspecified atom stereocenters. The average molecular weight is 467 g/mol. The summed E-state index contributed by atoms with van der Waals surface area (Å²) in [6.07, 6.45) is 6.80. The number of aryl methyl sites for hydroxylation is 2. The fourth-order valence-electron chi connectivity index (χ4n) is 3.24. The molecule has 9 heteroatoms. The van der Waals surface area contributed by atoms with E-state index in [4.69, 9.17) is 4.74 Å². The van der Waals surface area contributed by atoms with Crippen molar-refractivity contribution in [1.82, 2.24) is 30.2 Å². The second-order valence-corrected chi connectivity index (χ2v) is 8.00. The second-order valence-electron chi connectivity index (χ2n) is 8.00. The molecule has 3 aromatic rings. The minimum Gasteiger partial charge on any atom is -0.491 e. The first kappa shape index (κ1) is 24.9. The summed E-state index contributed by atoms with van der Waals surface area (Å²) in [5.41, 5.74) is 4.05. The SMILES string of the molecule is C=CCC(C)/C(=C\C=C(/C)c1cnnc(C)c1)OCc1c(C)nnn1-c1ccc(C(F)F)cn1. The summed E-state index contributed by atoms with van der Waals surface area (Å²) in [5.74, 6) is 1.25. The third-order valence-electron chi connectivity index (χ3n) is 5.31. The second kappa shape index (κ2) is 11.4. The van der Waals surface area contributed by atoms with Gasteiger partial charge in [-0.3, -0.25) is 0 Å². The van der Waals surface area contributed by atoms with Crippen molar-refractivity contribution in [3.8, 4) is 5.82 Å². The zero-order chi connectivity index (χ0) is 24.7. The van der Waals surface area contributed by atoms with E-state index in [1.807, 2.05) is 45.1 Å². The molecule has 0 aromatic carbocycles. The molecule has 3 heterocycles. The van der Waals surface area contributed by atoms with Gasteiger partial charge < -0.3 is 4.74 Å². The van der Waals surface area contributed by atoms with Crippen LogP contribution < -0.4 is 0 Å². The molecular formula is C25H28F2N6O. The lowest BCUT2D eigenvalue weighted by molar-refractivity contribution is 0.151. The van der Waals surface area contributed by atoms with Gasteiger partial charge in [0.1, 0.15) is 12.3 Å². The summed E-state index contributed by atoms with van der Waals surface area (Å²) >= 11 is 0. The Kier molecular flexibility index (Phi) is 8.34. The maximum Gasteiger partial charge on any atom is 0.265 e. The molecule has 0 saturated carbocycles. The minimum atomic E-state index is -2.58. The number of aromatic nitrogens is 6. The van der Waals surface area contributed by atoms with Gasteiger partial charge >= 0.3 is 0 Å². The Balaban J connectivity index is 1.85. The molecule has 0 radical (unpaired) electrons. The molecule has 0 amide bonds. The zero-order valence-corrected chi connectivity index (χ0v) is 19.7. The van der Waals surface area contributed by atoms with E-state index in [1.54, 1.807) is 6.20 Å². The monoisotopic (exact) mass is 466 g/mol. The highest BCUT2D eigenvalue weighted by molar-refractivity contribution is 5.64. The topological polar surface area (TPSA) is 78.6 Å². The quantitative estimate of drug-likeness (QED) is 0.216. The van der Waals surface area contributed by atoms with Crippen LogP contribution in [0, 0.1) is 19.8 Å². The molecule has 34 heavy (non-hydrogen) atoms. The number of hydrogen-bond acceptors (Lipinski definition) is 6. The summed E-state index contributed by atoms with van der Waals surface area (Å²) < 4.78 is 33.5. The molecule has 7 nitrogen and oxygen atoms in total. The molecule has 1 atom stereocenters. The van der Waals surface area contributed by atoms with Crippen LogP contribution in [-0.2, 0) is 11.3 Å². The largest absolute Gasteiger partial charge is 0.491 e. The summed E-state index contributed by atoms with van der Waals surface area (Å²) in [7, 11) is 0. The van der Waals surface area contributed by atoms with Crippen molar-refractivity contribution in [2.45, 2.75) is 47.1 Å². The van der Waals surface area contributed by atoms with Crippen molar-refractivity contribution in [3.63, 3.8) is 0 Å². The molecule has 0 aliphatic heterocycles. The standard InChI is InChI=1S/C25H28F2N6O/c1-6-7-17(3)23(10-8-16(2)21-12-18(4)30-29-14-21)34-15-22-19(5)31-32-33(22)24-11-9-20(13-28-24)25(26)27/h6,8-14,17,25H,1,7,15H2,2-5H3/b16-8+,23-10+. The summed E-state index contributed by atoms with van der Waals surface area (Å²) in [6.45, 7) is 11.8. The van der Waals surface area contributed by atoms with E-state index in [2.05, 4.69) is 39.0 Å². The van der Waals surface area contributed by atoms with E-state index in [0.29, 0.717) is 17.2 Å². The Labute approximate surface area is 197 Å². The summed E-state index contributed by atoms with van der Waals surface area (Å²) in [5, 5.41) is 16.2. The van der Waals surface area contributed by atoms with Gasteiger partial charge in [-0.1, -0.05) is 24.3 Å². The van der Waals surface area contributed by atoms with Crippen LogP contribution in [0.25, 0.3) is 11.4 Å². The third kappa shape index (κ3) is 6.18. The van der Waals surface area contributed by atoms with E-state index in [1.165, 1.54) is 16.8 Å². The van der Waals surface area contributed by atoms with Gasteiger partial charge in [-0.2, -0.15) is 14.9 Å². The lowest BCUT2D eigenvalue weighted by Crippen LogP contribution is -2.09. The first-order valence-electron chi connectivity index (χ1n) is 10.9. The van der Waals surface area contributed by atoms with Crippen molar-refractivity contribution in [2.24, 2.45) is 5.92 Å². The lowest BCUT2D eigenvalue weighted by Gasteiger charge is -2.16. The number of pyridine rings is 1. The van der Waals surface area contributed by atoms with Crippen molar-refractivity contribution >= 4 is 5.57 Å². The van der Waals surface area contributed by atoms with Crippen LogP contribution in [-0.4, -0.2) is 30.2 Å². The molecule has 3 rings (SSSR count). The Hall–Kier alpha value is -3.75. The molecule has 3 aromatic heterocycles. The maximum atomic E-state index is 12.9. The first-order valence-corrected chi connectivity index (χ1v) is 10.9. The molecule has 0 aliphatic carbocycles. The minimum absolute atomic E-state index is 0.0898. The van der Waals surface area contributed by atoms with Gasteiger partial charge in [-0.05, 0) is 62.6 Å². The Morgan fingerprint density at radius 2 is 1.97 bits per heavy atom. The molecule has 0 fully saturated rings. The molecule has 0 N–H and O–H groups in total. The molecule has 0 aliphatic rings. The number of hydrogen-bond donors (Lipinski definition) is 0. The number of rotatable bonds is 10. The first-order chi connectivity index (χ1) is 16.3. The van der Waals surface area contributed by atoms with Crippen LogP contribution >= 0.6 is 0 Å². The number of ether oxygens (including phenoxy) is 1. The van der Waals surface area contributed by atoms with Crippen molar-refractivity contribution in [2.75, 3.05) is 0 Å². The lowest BCUT2D eigenvalue weighted by atomic mass is 10.0. The molecule has 178 valence electrons. The van der Waals surface area contributed by atoms with Crippen LogP contribution in [0.15, 0.2) is 61.2 Å². The predicted octanol–water partition coefficient (Wildman–Crippen LogP) is 5.72. The van der Waals surface area contributed by atoms with Crippen LogP contribution in [0.4, 0.5) is 8.78 Å². The van der Waals surface area contributed by atoms with Crippen LogP contribution in [0.1, 0.15) is 54.9 Å². The Bertz CT molecular complexity index is 1180. The molecule has 0 saturated heterocycles. The van der Waals surface area contributed by atoms with Crippen LogP contribution in [0.3, 0.4) is 0 Å². The highest BCUT2D eigenvalue weighted by Crippen LogP contribution is 2.23. The van der Waals surface area contributed by atoms with Gasteiger partial charge in [-0.25, -0.2) is 13.8 Å². The van der Waals surface area contributed by atoms with Gasteiger partial charge in [0.2, 0.25) is 0 Å². The highest BCUT2D eigenvalue weighted by Gasteiger charge is 2.16. The van der Waals surface area contributed by atoms with Crippen LogP contribution in [0.2, 0.25) is 0 Å². The van der Waals surface area contributed by atoms with E-state index < -0.39 is 6.43 Å². The van der Waals surface area contributed by atoms with Gasteiger partial charge in [0.15, 0.2) is 5.82 Å². The molecule has 0 spiro atoms. The smallest absolute Gasteiger partial charge is 0.265 e. The Morgan fingerprint density at radius 3 is 2.62 bits per heavy atom. The predicted molar refractivity (Wildman–Crippen MR) is 126 cm³/mol. The van der Waals surface area contributed by atoms with Crippen molar-refractivity contribution in [1.29, 1.82) is 0 Å². The number of allylic oxidation sites excluding steroid dienone is 5. The van der Waals surface area contributed by atoms with Gasteiger partial charge in [0.25, 0.3) is 6.43 Å². The van der Waals surface area contributed by atoms with E-state index in [9.17, 15) is 8.78 Å². The van der Waals surface area contributed by atoms with Gasteiger partial charge in [0, 0.05) is 17.7 Å². The number of nitrogens with zero attached hydrogens (tertiary/aromatic N) is 6.